The normalized spacial score (nSPS) is 14.6. The first kappa shape index (κ1) is 10.9. The van der Waals surface area contributed by atoms with Crippen LogP contribution < -0.4 is 0 Å². The highest BCUT2D eigenvalue weighted by Gasteiger charge is 2.35. The molecule has 84 valence electrons. The standard InChI is InChI=1S/C13H13FO2/c1-13(2,12(15)16)11-6-4-8-3-5-9(14)7-10(8)11/h3,5-7H,4H2,1-2H3,(H,15,16). The molecule has 3 heteroatoms. The molecule has 0 bridgehead atoms. The number of rotatable bonds is 2. The van der Waals surface area contributed by atoms with Gasteiger partial charge in [-0.1, -0.05) is 12.1 Å². The molecule has 0 spiro atoms. The number of hydrogen-bond acceptors (Lipinski definition) is 1. The number of carbonyl (C=O) groups is 1. The van der Waals surface area contributed by atoms with Crippen molar-refractivity contribution in [3.8, 4) is 0 Å². The molecule has 2 rings (SSSR count). The number of benzene rings is 1. The number of aliphatic carboxylic acids is 1. The molecule has 0 saturated carbocycles. The topological polar surface area (TPSA) is 37.3 Å². The molecule has 1 aliphatic rings. The summed E-state index contributed by atoms with van der Waals surface area (Å²) >= 11 is 0. The number of hydrogen-bond donors (Lipinski definition) is 1. The molecule has 0 radical (unpaired) electrons. The highest BCUT2D eigenvalue weighted by molar-refractivity contribution is 5.93. The van der Waals surface area contributed by atoms with E-state index in [4.69, 9.17) is 5.11 Å². The Morgan fingerprint density at radius 2 is 2.12 bits per heavy atom. The van der Waals surface area contributed by atoms with Gasteiger partial charge in [-0.25, -0.2) is 4.39 Å². The molecule has 1 aromatic carbocycles. The zero-order chi connectivity index (χ0) is 11.9. The summed E-state index contributed by atoms with van der Waals surface area (Å²) in [5, 5.41) is 9.16. The fraction of sp³-hybridized carbons (Fsp3) is 0.308. The highest BCUT2D eigenvalue weighted by atomic mass is 19.1. The van der Waals surface area contributed by atoms with Crippen LogP contribution in [-0.4, -0.2) is 11.1 Å². The molecule has 0 fully saturated rings. The molecule has 0 amide bonds. The van der Waals surface area contributed by atoms with Crippen molar-refractivity contribution in [1.29, 1.82) is 0 Å². The fourth-order valence-electron chi connectivity index (χ4n) is 2.01. The van der Waals surface area contributed by atoms with Crippen LogP contribution in [-0.2, 0) is 11.2 Å². The van der Waals surface area contributed by atoms with Gasteiger partial charge in [0.2, 0.25) is 0 Å². The van der Waals surface area contributed by atoms with Gasteiger partial charge in [-0.3, -0.25) is 4.79 Å². The van der Waals surface area contributed by atoms with Gasteiger partial charge in [-0.05, 0) is 49.1 Å². The SMILES string of the molecule is CC(C)(C(=O)O)C1=CCc2ccc(F)cc21. The lowest BCUT2D eigenvalue weighted by Crippen LogP contribution is -2.24. The summed E-state index contributed by atoms with van der Waals surface area (Å²) in [7, 11) is 0. The molecule has 1 aliphatic carbocycles. The predicted molar refractivity (Wildman–Crippen MR) is 59.5 cm³/mol. The number of carboxylic acid groups (broad SMARTS) is 1. The molecule has 0 saturated heterocycles. The van der Waals surface area contributed by atoms with E-state index in [0.29, 0.717) is 12.0 Å². The van der Waals surface area contributed by atoms with Crippen LogP contribution in [0.1, 0.15) is 25.0 Å². The van der Waals surface area contributed by atoms with Crippen LogP contribution in [0.2, 0.25) is 0 Å². The predicted octanol–water partition coefficient (Wildman–Crippen LogP) is 2.88. The third kappa shape index (κ3) is 1.52. The number of halogens is 1. The number of fused-ring (bicyclic) bond motifs is 1. The van der Waals surface area contributed by atoms with Crippen molar-refractivity contribution in [2.45, 2.75) is 20.3 Å². The first-order valence-electron chi connectivity index (χ1n) is 5.16. The van der Waals surface area contributed by atoms with E-state index in [0.717, 1.165) is 11.1 Å². The van der Waals surface area contributed by atoms with Gasteiger partial charge in [-0.15, -0.1) is 0 Å². The molecule has 0 unspecified atom stereocenters. The minimum Gasteiger partial charge on any atom is -0.481 e. The van der Waals surface area contributed by atoms with E-state index in [2.05, 4.69) is 0 Å². The van der Waals surface area contributed by atoms with Crippen molar-refractivity contribution >= 4 is 11.5 Å². The van der Waals surface area contributed by atoms with Gasteiger partial charge in [0.25, 0.3) is 0 Å². The Morgan fingerprint density at radius 3 is 2.75 bits per heavy atom. The zero-order valence-electron chi connectivity index (χ0n) is 9.25. The Labute approximate surface area is 93.4 Å². The third-order valence-corrected chi connectivity index (χ3v) is 3.10. The molecule has 0 aliphatic heterocycles. The Bertz CT molecular complexity index is 487. The van der Waals surface area contributed by atoms with Crippen molar-refractivity contribution < 1.29 is 14.3 Å². The Kier molecular flexibility index (Phi) is 2.34. The third-order valence-electron chi connectivity index (χ3n) is 3.10. The van der Waals surface area contributed by atoms with Crippen LogP contribution in [0.5, 0.6) is 0 Å². The lowest BCUT2D eigenvalue weighted by molar-refractivity contribution is -0.143. The molecule has 1 aromatic rings. The van der Waals surface area contributed by atoms with Crippen LogP contribution in [0.15, 0.2) is 24.3 Å². The van der Waals surface area contributed by atoms with Crippen LogP contribution in [0.3, 0.4) is 0 Å². The van der Waals surface area contributed by atoms with E-state index < -0.39 is 11.4 Å². The fourth-order valence-corrected chi connectivity index (χ4v) is 2.01. The van der Waals surface area contributed by atoms with Gasteiger partial charge in [-0.2, -0.15) is 0 Å². The summed E-state index contributed by atoms with van der Waals surface area (Å²) in [6.45, 7) is 3.28. The Balaban J connectivity index is 2.50. The largest absolute Gasteiger partial charge is 0.481 e. The summed E-state index contributed by atoms with van der Waals surface area (Å²) < 4.78 is 13.1. The van der Waals surface area contributed by atoms with Gasteiger partial charge in [0.05, 0.1) is 5.41 Å². The number of allylic oxidation sites excluding steroid dienone is 1. The van der Waals surface area contributed by atoms with E-state index in [1.54, 1.807) is 19.9 Å². The summed E-state index contributed by atoms with van der Waals surface area (Å²) in [6, 6.07) is 4.54. The molecule has 0 aromatic heterocycles. The van der Waals surface area contributed by atoms with Gasteiger partial charge >= 0.3 is 5.97 Å². The maximum absolute atomic E-state index is 13.1. The van der Waals surface area contributed by atoms with Gasteiger partial charge in [0.15, 0.2) is 0 Å². The van der Waals surface area contributed by atoms with Crippen molar-refractivity contribution in [2.24, 2.45) is 5.41 Å². The van der Waals surface area contributed by atoms with Crippen molar-refractivity contribution in [3.63, 3.8) is 0 Å². The maximum atomic E-state index is 13.1. The second-order valence-corrected chi connectivity index (χ2v) is 4.55. The first-order chi connectivity index (χ1) is 7.43. The average molecular weight is 220 g/mol. The van der Waals surface area contributed by atoms with Crippen molar-refractivity contribution in [2.75, 3.05) is 0 Å². The van der Waals surface area contributed by atoms with E-state index in [1.807, 2.05) is 6.08 Å². The van der Waals surface area contributed by atoms with Gasteiger partial charge in [0, 0.05) is 0 Å². The molecule has 16 heavy (non-hydrogen) atoms. The smallest absolute Gasteiger partial charge is 0.313 e. The van der Waals surface area contributed by atoms with Crippen LogP contribution in [0.4, 0.5) is 4.39 Å². The maximum Gasteiger partial charge on any atom is 0.313 e. The van der Waals surface area contributed by atoms with Crippen molar-refractivity contribution in [3.05, 3.63) is 41.2 Å². The van der Waals surface area contributed by atoms with Crippen LogP contribution in [0, 0.1) is 11.2 Å². The molecule has 0 heterocycles. The van der Waals surface area contributed by atoms with E-state index in [1.165, 1.54) is 12.1 Å². The summed E-state index contributed by atoms with van der Waals surface area (Å²) in [5.41, 5.74) is 1.45. The molecule has 1 N–H and O–H groups in total. The average Bonchev–Trinajstić information content (AvgIpc) is 2.60. The lowest BCUT2D eigenvalue weighted by Gasteiger charge is -2.22. The first-order valence-corrected chi connectivity index (χ1v) is 5.16. The van der Waals surface area contributed by atoms with Crippen molar-refractivity contribution in [1.82, 2.24) is 0 Å². The molecular formula is C13H13FO2. The second kappa shape index (κ2) is 3.44. The zero-order valence-corrected chi connectivity index (χ0v) is 9.25. The Hall–Kier alpha value is -1.64. The van der Waals surface area contributed by atoms with E-state index >= 15 is 0 Å². The minimum atomic E-state index is -0.973. The highest BCUT2D eigenvalue weighted by Crippen LogP contribution is 2.40. The summed E-state index contributed by atoms with van der Waals surface area (Å²) in [4.78, 5) is 11.2. The van der Waals surface area contributed by atoms with Gasteiger partial charge in [0.1, 0.15) is 5.82 Å². The molecule has 2 nitrogen and oxygen atoms in total. The lowest BCUT2D eigenvalue weighted by atomic mass is 9.81. The van der Waals surface area contributed by atoms with Gasteiger partial charge < -0.3 is 5.11 Å². The Morgan fingerprint density at radius 1 is 1.44 bits per heavy atom. The quantitative estimate of drug-likeness (QED) is 0.832. The van der Waals surface area contributed by atoms with E-state index in [-0.39, 0.29) is 5.82 Å². The van der Waals surface area contributed by atoms with Crippen LogP contribution in [0.25, 0.3) is 5.57 Å². The molecule has 0 atom stereocenters. The summed E-state index contributed by atoms with van der Waals surface area (Å²) in [6.07, 6.45) is 2.56. The minimum absolute atomic E-state index is 0.326. The van der Waals surface area contributed by atoms with E-state index in [9.17, 15) is 9.18 Å². The monoisotopic (exact) mass is 220 g/mol. The number of carboxylic acids is 1. The summed E-state index contributed by atoms with van der Waals surface area (Å²) in [5.74, 6) is -1.22. The molecular weight excluding hydrogens is 207 g/mol. The van der Waals surface area contributed by atoms with Crippen LogP contribution >= 0.6 is 0 Å². The second-order valence-electron chi connectivity index (χ2n) is 4.55.